The topological polar surface area (TPSA) is 76.1 Å². The van der Waals surface area contributed by atoms with Crippen LogP contribution in [0, 0.1) is 6.92 Å². The molecule has 1 amide bonds. The van der Waals surface area contributed by atoms with Gasteiger partial charge < -0.3 is 5.32 Å². The summed E-state index contributed by atoms with van der Waals surface area (Å²) < 4.78 is 24.4. The molecule has 3 rings (SSSR count). The summed E-state index contributed by atoms with van der Waals surface area (Å²) >= 11 is 1.62. The number of carbonyl (C=O) groups excluding carboxylic acids is 1. The number of rotatable bonds is 7. The number of benzene rings is 2. The third-order valence-electron chi connectivity index (χ3n) is 4.41. The molecule has 0 aliphatic heterocycles. The molecule has 0 atom stereocenters. The van der Waals surface area contributed by atoms with E-state index in [1.165, 1.54) is 6.07 Å². The molecule has 2 aromatic carbocycles. The lowest BCUT2D eigenvalue weighted by atomic mass is 10.1. The number of amides is 1. The third kappa shape index (κ3) is 4.66. The van der Waals surface area contributed by atoms with Crippen molar-refractivity contribution in [2.45, 2.75) is 25.2 Å². The molecule has 1 aromatic heterocycles. The van der Waals surface area contributed by atoms with Crippen LogP contribution < -0.4 is 5.32 Å². The van der Waals surface area contributed by atoms with Gasteiger partial charge in [-0.25, -0.2) is 13.4 Å². The number of thiazole rings is 1. The van der Waals surface area contributed by atoms with Gasteiger partial charge in [-0.05, 0) is 31.0 Å². The van der Waals surface area contributed by atoms with Crippen LogP contribution in [0.4, 0.5) is 0 Å². The largest absolute Gasteiger partial charge is 0.352 e. The second-order valence-electron chi connectivity index (χ2n) is 6.35. The molecule has 0 aliphatic carbocycles. The van der Waals surface area contributed by atoms with Gasteiger partial charge in [-0.2, -0.15) is 0 Å². The van der Waals surface area contributed by atoms with Crippen molar-refractivity contribution in [2.75, 3.05) is 12.3 Å². The first-order chi connectivity index (χ1) is 13.4. The molecule has 0 saturated heterocycles. The maximum Gasteiger partial charge on any atom is 0.252 e. The lowest BCUT2D eigenvalue weighted by Crippen LogP contribution is -2.27. The molecule has 3 aromatic rings. The summed E-state index contributed by atoms with van der Waals surface area (Å²) in [6.07, 6.45) is 0.658. The van der Waals surface area contributed by atoms with Gasteiger partial charge in [0.15, 0.2) is 9.84 Å². The maximum absolute atomic E-state index is 12.5. The van der Waals surface area contributed by atoms with Crippen LogP contribution in [0.1, 0.15) is 27.9 Å². The van der Waals surface area contributed by atoms with E-state index in [1.54, 1.807) is 36.5 Å². The molecule has 0 radical (unpaired) electrons. The Hall–Kier alpha value is -2.51. The summed E-state index contributed by atoms with van der Waals surface area (Å²) in [7, 11) is -3.45. The van der Waals surface area contributed by atoms with Crippen molar-refractivity contribution in [3.8, 4) is 11.3 Å². The normalized spacial score (nSPS) is 11.4. The molecule has 0 bridgehead atoms. The highest BCUT2D eigenvalue weighted by Crippen LogP contribution is 2.22. The predicted molar refractivity (Wildman–Crippen MR) is 112 cm³/mol. The smallest absolute Gasteiger partial charge is 0.252 e. The molecule has 0 saturated carbocycles. The first-order valence-electron chi connectivity index (χ1n) is 9.02. The Labute approximate surface area is 169 Å². The van der Waals surface area contributed by atoms with Gasteiger partial charge in [-0.1, -0.05) is 43.3 Å². The SMILES string of the molecule is CCS(=O)(=O)c1ccccc1C(=O)NCCc1ccc(-c2csc(C)n2)cc1. The first-order valence-corrected chi connectivity index (χ1v) is 11.6. The van der Waals surface area contributed by atoms with E-state index in [1.807, 2.05) is 36.6 Å². The predicted octanol–water partition coefficient (Wildman–Crippen LogP) is 3.88. The molecule has 5 nitrogen and oxygen atoms in total. The highest BCUT2D eigenvalue weighted by atomic mass is 32.2. The molecule has 0 aliphatic rings. The summed E-state index contributed by atoms with van der Waals surface area (Å²) in [5.41, 5.74) is 3.32. The lowest BCUT2D eigenvalue weighted by Gasteiger charge is -2.10. The average molecular weight is 415 g/mol. The number of carbonyl (C=O) groups is 1. The number of aryl methyl sites for hydroxylation is 1. The average Bonchev–Trinajstić information content (AvgIpc) is 3.14. The highest BCUT2D eigenvalue weighted by Gasteiger charge is 2.20. The molecule has 1 heterocycles. The molecule has 146 valence electrons. The number of aromatic nitrogens is 1. The summed E-state index contributed by atoms with van der Waals surface area (Å²) in [5.74, 6) is -0.412. The van der Waals surface area contributed by atoms with Crippen LogP contribution in [0.3, 0.4) is 0 Å². The van der Waals surface area contributed by atoms with Gasteiger partial charge in [0.1, 0.15) is 0 Å². The molecule has 0 unspecified atom stereocenters. The Morgan fingerprint density at radius 2 is 1.82 bits per heavy atom. The van der Waals surface area contributed by atoms with E-state index >= 15 is 0 Å². The van der Waals surface area contributed by atoms with Gasteiger partial charge in [0, 0.05) is 17.5 Å². The molecule has 0 spiro atoms. The van der Waals surface area contributed by atoms with Crippen LogP contribution in [0.15, 0.2) is 58.8 Å². The van der Waals surface area contributed by atoms with Crippen LogP contribution in [-0.2, 0) is 16.3 Å². The quantitative estimate of drug-likeness (QED) is 0.636. The Balaban J connectivity index is 1.62. The number of nitrogens with one attached hydrogen (secondary N) is 1. The van der Waals surface area contributed by atoms with Crippen molar-refractivity contribution in [3.05, 3.63) is 70.0 Å². The second-order valence-corrected chi connectivity index (χ2v) is 9.66. The summed E-state index contributed by atoms with van der Waals surface area (Å²) in [5, 5.41) is 5.89. The lowest BCUT2D eigenvalue weighted by molar-refractivity contribution is 0.0951. The minimum atomic E-state index is -3.45. The van der Waals surface area contributed by atoms with Crippen LogP contribution in [0.5, 0.6) is 0 Å². The zero-order valence-corrected chi connectivity index (χ0v) is 17.4. The van der Waals surface area contributed by atoms with Crippen molar-refractivity contribution < 1.29 is 13.2 Å². The van der Waals surface area contributed by atoms with Crippen molar-refractivity contribution >= 4 is 27.1 Å². The summed E-state index contributed by atoms with van der Waals surface area (Å²) in [4.78, 5) is 17.0. The fourth-order valence-electron chi connectivity index (χ4n) is 2.83. The minimum Gasteiger partial charge on any atom is -0.352 e. The molecule has 28 heavy (non-hydrogen) atoms. The van der Waals surface area contributed by atoms with Crippen LogP contribution >= 0.6 is 11.3 Å². The van der Waals surface area contributed by atoms with E-state index in [0.717, 1.165) is 21.8 Å². The molecule has 0 fully saturated rings. The van der Waals surface area contributed by atoms with Gasteiger partial charge >= 0.3 is 0 Å². The van der Waals surface area contributed by atoms with Gasteiger partial charge in [0.05, 0.1) is 26.9 Å². The van der Waals surface area contributed by atoms with E-state index < -0.39 is 9.84 Å². The van der Waals surface area contributed by atoms with E-state index in [9.17, 15) is 13.2 Å². The van der Waals surface area contributed by atoms with Crippen molar-refractivity contribution in [1.82, 2.24) is 10.3 Å². The van der Waals surface area contributed by atoms with Crippen LogP contribution in [0.25, 0.3) is 11.3 Å². The number of nitrogens with zero attached hydrogens (tertiary/aromatic N) is 1. The summed E-state index contributed by atoms with van der Waals surface area (Å²) in [6, 6.07) is 14.4. The number of sulfone groups is 1. The standard InChI is InChI=1S/C21H22N2O3S2/c1-3-28(25,26)20-7-5-4-6-18(20)21(24)22-13-12-16-8-10-17(11-9-16)19-14-27-15(2)23-19/h4-11,14H,3,12-13H2,1-2H3,(H,22,24). The number of hydrogen-bond acceptors (Lipinski definition) is 5. The fraction of sp³-hybridized carbons (Fsp3) is 0.238. The van der Waals surface area contributed by atoms with E-state index in [0.29, 0.717) is 13.0 Å². The monoisotopic (exact) mass is 414 g/mol. The van der Waals surface area contributed by atoms with Crippen molar-refractivity contribution in [3.63, 3.8) is 0 Å². The second kappa shape index (κ2) is 8.67. The Kier molecular flexibility index (Phi) is 6.26. The first kappa shape index (κ1) is 20.2. The van der Waals surface area contributed by atoms with Gasteiger partial charge in [0.25, 0.3) is 5.91 Å². The van der Waals surface area contributed by atoms with Gasteiger partial charge in [-0.15, -0.1) is 11.3 Å². The van der Waals surface area contributed by atoms with Crippen molar-refractivity contribution in [2.24, 2.45) is 0 Å². The van der Waals surface area contributed by atoms with Gasteiger partial charge in [0.2, 0.25) is 0 Å². The Bertz CT molecular complexity index is 1070. The van der Waals surface area contributed by atoms with E-state index in [2.05, 4.69) is 10.3 Å². The Morgan fingerprint density at radius 1 is 1.11 bits per heavy atom. The molecule has 1 N–H and O–H groups in total. The Morgan fingerprint density at radius 3 is 2.46 bits per heavy atom. The van der Waals surface area contributed by atoms with Crippen LogP contribution in [0.2, 0.25) is 0 Å². The highest BCUT2D eigenvalue weighted by molar-refractivity contribution is 7.91. The molecule has 7 heteroatoms. The van der Waals surface area contributed by atoms with E-state index in [4.69, 9.17) is 0 Å². The number of hydrogen-bond donors (Lipinski definition) is 1. The minimum absolute atomic E-state index is 0.0395. The third-order valence-corrected chi connectivity index (χ3v) is 6.97. The van der Waals surface area contributed by atoms with Gasteiger partial charge in [-0.3, -0.25) is 4.79 Å². The molecular formula is C21H22N2O3S2. The molecular weight excluding hydrogens is 392 g/mol. The fourth-order valence-corrected chi connectivity index (χ4v) is 4.55. The zero-order valence-electron chi connectivity index (χ0n) is 15.8. The van der Waals surface area contributed by atoms with Crippen LogP contribution in [-0.4, -0.2) is 31.6 Å². The summed E-state index contributed by atoms with van der Waals surface area (Å²) in [6.45, 7) is 3.98. The maximum atomic E-state index is 12.5. The van der Waals surface area contributed by atoms with E-state index in [-0.39, 0.29) is 22.1 Å². The zero-order chi connectivity index (χ0) is 20.1. The van der Waals surface area contributed by atoms with Crippen molar-refractivity contribution in [1.29, 1.82) is 0 Å².